The van der Waals surface area contributed by atoms with Crippen LogP contribution in [-0.4, -0.2) is 16.7 Å². The molecule has 1 heterocycles. The first-order valence-electron chi connectivity index (χ1n) is 6.00. The molecule has 0 aliphatic carbocycles. The molecule has 2 rings (SSSR count). The molecule has 0 radical (unpaired) electrons. The van der Waals surface area contributed by atoms with Crippen molar-refractivity contribution >= 4 is 31.9 Å². The third-order valence-electron chi connectivity index (χ3n) is 3.12. The number of hydrogen-bond donors (Lipinski definition) is 0. The third kappa shape index (κ3) is 2.96. The van der Waals surface area contributed by atoms with Gasteiger partial charge in [-0.3, -0.25) is 4.57 Å². The van der Waals surface area contributed by atoms with Crippen LogP contribution in [0.25, 0.3) is 0 Å². The zero-order valence-corrected chi connectivity index (χ0v) is 14.6. The van der Waals surface area contributed by atoms with E-state index in [2.05, 4.69) is 36.8 Å². The molecule has 0 saturated heterocycles. The third-order valence-corrected chi connectivity index (χ3v) is 5.04. The molecule has 106 valence electrons. The molecule has 4 nitrogen and oxygen atoms in total. The number of methoxy groups -OCH3 is 1. The predicted octanol–water partition coefficient (Wildman–Crippen LogP) is 3.44. The Hall–Kier alpha value is -1.14. The smallest absolute Gasteiger partial charge is 0.348 e. The van der Waals surface area contributed by atoms with Crippen molar-refractivity contribution in [2.24, 2.45) is 0 Å². The maximum absolute atomic E-state index is 12.1. The summed E-state index contributed by atoms with van der Waals surface area (Å²) in [4.78, 5) is 16.1. The summed E-state index contributed by atoms with van der Waals surface area (Å²) in [5.41, 5.74) is 2.27. The summed E-state index contributed by atoms with van der Waals surface area (Å²) in [5, 5.41) is 0. The molecule has 0 N–H and O–H groups in total. The average Bonchev–Trinajstić information content (AvgIpc) is 2.43. The van der Waals surface area contributed by atoms with Crippen LogP contribution < -0.4 is 10.4 Å². The van der Waals surface area contributed by atoms with Gasteiger partial charge in [0, 0.05) is 10.2 Å². The van der Waals surface area contributed by atoms with Gasteiger partial charge in [0.25, 0.3) is 0 Å². The van der Waals surface area contributed by atoms with Gasteiger partial charge in [0.1, 0.15) is 5.75 Å². The summed E-state index contributed by atoms with van der Waals surface area (Å²) in [7, 11) is 1.62. The van der Waals surface area contributed by atoms with Gasteiger partial charge in [0.05, 0.1) is 23.8 Å². The molecular weight excluding hydrogens is 388 g/mol. The van der Waals surface area contributed by atoms with Gasteiger partial charge >= 0.3 is 5.69 Å². The van der Waals surface area contributed by atoms with Crippen LogP contribution in [0.4, 0.5) is 0 Å². The van der Waals surface area contributed by atoms with Crippen LogP contribution in [0.2, 0.25) is 0 Å². The summed E-state index contributed by atoms with van der Waals surface area (Å²) >= 11 is 6.96. The summed E-state index contributed by atoms with van der Waals surface area (Å²) < 4.78 is 8.64. The minimum absolute atomic E-state index is 0.252. The van der Waals surface area contributed by atoms with E-state index in [1.165, 1.54) is 0 Å². The average molecular weight is 402 g/mol. The van der Waals surface area contributed by atoms with Crippen molar-refractivity contribution in [1.82, 2.24) is 9.55 Å². The minimum atomic E-state index is -0.252. The highest BCUT2D eigenvalue weighted by Crippen LogP contribution is 2.24. The van der Waals surface area contributed by atoms with E-state index in [4.69, 9.17) is 4.74 Å². The highest BCUT2D eigenvalue weighted by molar-refractivity contribution is 9.10. The summed E-state index contributed by atoms with van der Waals surface area (Å²) in [5.74, 6) is 0.757. The zero-order chi connectivity index (χ0) is 14.9. The van der Waals surface area contributed by atoms with Gasteiger partial charge in [-0.2, -0.15) is 4.98 Å². The highest BCUT2D eigenvalue weighted by atomic mass is 79.9. The highest BCUT2D eigenvalue weighted by Gasteiger charge is 2.11. The quantitative estimate of drug-likeness (QED) is 0.791. The maximum atomic E-state index is 12.1. The number of aryl methyl sites for hydroxylation is 1. The number of rotatable bonds is 3. The van der Waals surface area contributed by atoms with Crippen LogP contribution >= 0.6 is 31.9 Å². The van der Waals surface area contributed by atoms with Gasteiger partial charge in [0.15, 0.2) is 0 Å². The summed E-state index contributed by atoms with van der Waals surface area (Å²) in [6.07, 6.45) is 0. The first kappa shape index (κ1) is 15.3. The minimum Gasteiger partial charge on any atom is -0.497 e. The van der Waals surface area contributed by atoms with E-state index in [9.17, 15) is 4.79 Å². The molecule has 1 aromatic heterocycles. The normalized spacial score (nSPS) is 10.7. The van der Waals surface area contributed by atoms with Crippen molar-refractivity contribution in [3.05, 3.63) is 54.6 Å². The fourth-order valence-corrected chi connectivity index (χ4v) is 2.61. The van der Waals surface area contributed by atoms with Crippen LogP contribution in [0, 0.1) is 13.8 Å². The second-order valence-electron chi connectivity index (χ2n) is 4.42. The van der Waals surface area contributed by atoms with E-state index in [0.29, 0.717) is 12.2 Å². The lowest BCUT2D eigenvalue weighted by molar-refractivity contribution is 0.414. The van der Waals surface area contributed by atoms with Gasteiger partial charge in [0.2, 0.25) is 0 Å². The molecule has 0 aliphatic heterocycles. The van der Waals surface area contributed by atoms with E-state index in [0.717, 1.165) is 26.0 Å². The molecule has 0 aliphatic rings. The summed E-state index contributed by atoms with van der Waals surface area (Å²) in [6, 6.07) is 5.68. The number of aromatic nitrogens is 2. The Labute approximate surface area is 134 Å². The van der Waals surface area contributed by atoms with Crippen molar-refractivity contribution in [3.63, 3.8) is 0 Å². The van der Waals surface area contributed by atoms with Gasteiger partial charge in [-0.1, -0.05) is 15.9 Å². The van der Waals surface area contributed by atoms with Gasteiger partial charge < -0.3 is 4.74 Å². The second-order valence-corrected chi connectivity index (χ2v) is 6.07. The van der Waals surface area contributed by atoms with Crippen molar-refractivity contribution in [1.29, 1.82) is 0 Å². The first-order chi connectivity index (χ1) is 9.43. The zero-order valence-electron chi connectivity index (χ0n) is 11.4. The number of ether oxygens (including phenoxy) is 1. The standard InChI is InChI=1S/C14H14Br2N2O2/c1-8-13(16)9(2)18(14(19)17-8)7-10-6-11(20-3)4-5-12(10)15/h4-6H,7H2,1-3H3. The van der Waals surface area contributed by atoms with E-state index < -0.39 is 0 Å². The molecule has 1 aromatic carbocycles. The monoisotopic (exact) mass is 400 g/mol. The van der Waals surface area contributed by atoms with Crippen molar-refractivity contribution in [2.45, 2.75) is 20.4 Å². The molecule has 20 heavy (non-hydrogen) atoms. The molecule has 0 atom stereocenters. The number of halogens is 2. The maximum Gasteiger partial charge on any atom is 0.348 e. The molecule has 0 fully saturated rings. The molecule has 0 bridgehead atoms. The molecule has 0 unspecified atom stereocenters. The van der Waals surface area contributed by atoms with Crippen LogP contribution in [-0.2, 0) is 6.54 Å². The Morgan fingerprint density at radius 3 is 2.65 bits per heavy atom. The summed E-state index contributed by atoms with van der Waals surface area (Å²) in [6.45, 7) is 4.15. The lowest BCUT2D eigenvalue weighted by atomic mass is 10.2. The topological polar surface area (TPSA) is 44.1 Å². The Morgan fingerprint density at radius 1 is 1.30 bits per heavy atom. The van der Waals surface area contributed by atoms with Crippen LogP contribution in [0.1, 0.15) is 17.0 Å². The molecule has 0 amide bonds. The van der Waals surface area contributed by atoms with Gasteiger partial charge in [-0.05, 0) is 53.5 Å². The molecular formula is C14H14Br2N2O2. The van der Waals surface area contributed by atoms with E-state index in [1.807, 2.05) is 32.0 Å². The lowest BCUT2D eigenvalue weighted by Crippen LogP contribution is -2.27. The van der Waals surface area contributed by atoms with Crippen LogP contribution in [0.15, 0.2) is 31.9 Å². The SMILES string of the molecule is COc1ccc(Br)c(Cn2c(C)c(Br)c(C)nc2=O)c1. The van der Waals surface area contributed by atoms with Crippen molar-refractivity contribution in [3.8, 4) is 5.75 Å². The molecule has 0 saturated carbocycles. The van der Waals surface area contributed by atoms with E-state index in [1.54, 1.807) is 11.7 Å². The van der Waals surface area contributed by atoms with Crippen molar-refractivity contribution in [2.75, 3.05) is 7.11 Å². The fourth-order valence-electron chi connectivity index (χ4n) is 1.93. The Balaban J connectivity index is 2.50. The van der Waals surface area contributed by atoms with E-state index >= 15 is 0 Å². The number of hydrogen-bond acceptors (Lipinski definition) is 3. The van der Waals surface area contributed by atoms with Gasteiger partial charge in [-0.15, -0.1) is 0 Å². The Kier molecular flexibility index (Phi) is 4.65. The number of benzene rings is 1. The first-order valence-corrected chi connectivity index (χ1v) is 7.58. The Bertz CT molecular complexity index is 711. The number of nitrogens with zero attached hydrogens (tertiary/aromatic N) is 2. The van der Waals surface area contributed by atoms with Gasteiger partial charge in [-0.25, -0.2) is 4.79 Å². The lowest BCUT2D eigenvalue weighted by Gasteiger charge is -2.14. The molecule has 2 aromatic rings. The van der Waals surface area contributed by atoms with Crippen LogP contribution in [0.5, 0.6) is 5.75 Å². The largest absolute Gasteiger partial charge is 0.497 e. The fraction of sp³-hybridized carbons (Fsp3) is 0.286. The predicted molar refractivity (Wildman–Crippen MR) is 85.5 cm³/mol. The van der Waals surface area contributed by atoms with Crippen molar-refractivity contribution < 1.29 is 4.74 Å². The van der Waals surface area contributed by atoms with Crippen LogP contribution in [0.3, 0.4) is 0 Å². The Morgan fingerprint density at radius 2 is 2.00 bits per heavy atom. The van der Waals surface area contributed by atoms with E-state index in [-0.39, 0.29) is 5.69 Å². The second kappa shape index (κ2) is 6.10. The molecule has 6 heteroatoms. The molecule has 0 spiro atoms.